The Balaban J connectivity index is 1.50. The number of H-pyrrole nitrogens is 1. The number of nitrogens with one attached hydrogen (secondary N) is 2. The lowest BCUT2D eigenvalue weighted by Crippen LogP contribution is -2.34. The summed E-state index contributed by atoms with van der Waals surface area (Å²) in [5.41, 5.74) is 5.67. The quantitative estimate of drug-likeness (QED) is 0.142. The molecular formula is C25H23ClN5O3S+. The Bertz CT molecular complexity index is 1360. The van der Waals surface area contributed by atoms with E-state index in [1.165, 1.54) is 24.9 Å². The summed E-state index contributed by atoms with van der Waals surface area (Å²) >= 11 is 7.36. The maximum Gasteiger partial charge on any atom is 0.342 e. The molecule has 0 radical (unpaired) electrons. The summed E-state index contributed by atoms with van der Waals surface area (Å²) in [6.07, 6.45) is 0. The number of phenols is 1. The zero-order valence-corrected chi connectivity index (χ0v) is 20.6. The number of methoxy groups -OCH3 is 1. The van der Waals surface area contributed by atoms with Crippen LogP contribution in [0.3, 0.4) is 0 Å². The van der Waals surface area contributed by atoms with E-state index in [-0.39, 0.29) is 17.4 Å². The normalized spacial score (nSPS) is 11.3. The van der Waals surface area contributed by atoms with Crippen LogP contribution in [0.15, 0.2) is 83.1 Å². The van der Waals surface area contributed by atoms with Crippen molar-refractivity contribution in [2.45, 2.75) is 12.1 Å². The molecule has 178 valence electrons. The Labute approximate surface area is 211 Å². The van der Waals surface area contributed by atoms with Crippen molar-refractivity contribution in [2.75, 3.05) is 12.9 Å². The highest BCUT2D eigenvalue weighted by Crippen LogP contribution is 2.26. The molecule has 35 heavy (non-hydrogen) atoms. The predicted molar refractivity (Wildman–Crippen MR) is 136 cm³/mol. The summed E-state index contributed by atoms with van der Waals surface area (Å²) in [6.45, 7) is 1.76. The highest BCUT2D eigenvalue weighted by atomic mass is 35.5. The molecule has 4 rings (SSSR count). The molecule has 4 aromatic rings. The summed E-state index contributed by atoms with van der Waals surface area (Å²) < 4.78 is 7.07. The SMILES string of the molecule is COc1cc(/C(C)=N\NC(=O)CSc2n[nH]c(-c3ccccc3)[n+]2-c2ccc(Cl)cc2)ccc1O. The van der Waals surface area contributed by atoms with Gasteiger partial charge in [0.15, 0.2) is 11.5 Å². The number of aromatic nitrogens is 3. The van der Waals surface area contributed by atoms with Crippen molar-refractivity contribution >= 4 is 35.0 Å². The summed E-state index contributed by atoms with van der Waals surface area (Å²) in [4.78, 5) is 12.5. The molecule has 0 atom stereocenters. The number of carbonyl (C=O) groups excluding carboxylic acids is 1. The van der Waals surface area contributed by atoms with Crippen LogP contribution < -0.4 is 14.7 Å². The number of aromatic hydroxyl groups is 1. The van der Waals surface area contributed by atoms with E-state index in [1.807, 2.05) is 59.2 Å². The first-order valence-electron chi connectivity index (χ1n) is 10.6. The van der Waals surface area contributed by atoms with Crippen LogP contribution in [0.1, 0.15) is 12.5 Å². The van der Waals surface area contributed by atoms with Crippen LogP contribution in [0, 0.1) is 0 Å². The lowest BCUT2D eigenvalue weighted by atomic mass is 10.1. The molecular weight excluding hydrogens is 486 g/mol. The van der Waals surface area contributed by atoms with Gasteiger partial charge in [-0.3, -0.25) is 4.79 Å². The fourth-order valence-corrected chi connectivity index (χ4v) is 4.18. The predicted octanol–water partition coefficient (Wildman–Crippen LogP) is 4.35. The van der Waals surface area contributed by atoms with Gasteiger partial charge in [0.25, 0.3) is 11.7 Å². The van der Waals surface area contributed by atoms with Gasteiger partial charge < -0.3 is 9.84 Å². The molecule has 10 heteroatoms. The lowest BCUT2D eigenvalue weighted by Gasteiger charge is -2.07. The Hall–Kier alpha value is -3.82. The number of aromatic amines is 1. The number of carbonyl (C=O) groups is 1. The molecule has 0 saturated carbocycles. The Morgan fingerprint density at radius 2 is 1.91 bits per heavy atom. The van der Waals surface area contributed by atoms with Gasteiger partial charge in [-0.05, 0) is 73.3 Å². The van der Waals surface area contributed by atoms with Gasteiger partial charge >= 0.3 is 5.16 Å². The Morgan fingerprint density at radius 3 is 2.63 bits per heavy atom. The fraction of sp³-hybridized carbons (Fsp3) is 0.120. The van der Waals surface area contributed by atoms with E-state index in [4.69, 9.17) is 16.3 Å². The number of benzene rings is 3. The maximum absolute atomic E-state index is 12.5. The molecule has 8 nitrogen and oxygen atoms in total. The van der Waals surface area contributed by atoms with Gasteiger partial charge in [0, 0.05) is 10.6 Å². The number of hydrogen-bond acceptors (Lipinski definition) is 6. The van der Waals surface area contributed by atoms with Crippen molar-refractivity contribution in [3.05, 3.63) is 83.4 Å². The molecule has 1 amide bonds. The maximum atomic E-state index is 12.5. The van der Waals surface area contributed by atoms with Crippen LogP contribution in [0.25, 0.3) is 17.1 Å². The standard InChI is InChI=1S/C25H22ClN5O3S/c1-16(18-8-13-21(32)22(14-18)34-2)27-28-23(33)15-35-25-30-29-24(17-6-4-3-5-7-17)31(25)20-11-9-19(26)10-12-20/h3-14H,15H2,1-2H3,(H2,27,28,32,33)/p+1. The molecule has 3 N–H and O–H groups in total. The monoisotopic (exact) mass is 508 g/mol. The number of nitrogens with zero attached hydrogens (tertiary/aromatic N) is 3. The smallest absolute Gasteiger partial charge is 0.342 e. The minimum atomic E-state index is -0.285. The van der Waals surface area contributed by atoms with Crippen molar-refractivity contribution in [2.24, 2.45) is 5.10 Å². The Kier molecular flexibility index (Phi) is 7.69. The third kappa shape index (κ3) is 5.82. The highest BCUT2D eigenvalue weighted by molar-refractivity contribution is 7.99. The molecule has 0 aliphatic carbocycles. The van der Waals surface area contributed by atoms with E-state index in [0.29, 0.717) is 27.2 Å². The van der Waals surface area contributed by atoms with E-state index < -0.39 is 0 Å². The number of rotatable bonds is 8. The number of hydrogen-bond donors (Lipinski definition) is 3. The average molecular weight is 509 g/mol. The van der Waals surface area contributed by atoms with Crippen molar-refractivity contribution in [3.8, 4) is 28.6 Å². The van der Waals surface area contributed by atoms with E-state index in [1.54, 1.807) is 19.1 Å². The van der Waals surface area contributed by atoms with Gasteiger partial charge in [0.05, 0.1) is 29.2 Å². The molecule has 1 aromatic heterocycles. The van der Waals surface area contributed by atoms with Crippen LogP contribution >= 0.6 is 23.4 Å². The average Bonchev–Trinajstić information content (AvgIpc) is 3.31. The third-order valence-electron chi connectivity index (χ3n) is 5.08. The molecule has 0 saturated heterocycles. The van der Waals surface area contributed by atoms with Gasteiger partial charge in [-0.15, -0.1) is 5.10 Å². The minimum absolute atomic E-state index is 0.0346. The number of thioether (sulfide) groups is 1. The molecule has 0 fully saturated rings. The largest absolute Gasteiger partial charge is 0.504 e. The summed E-state index contributed by atoms with van der Waals surface area (Å²) in [7, 11) is 1.47. The van der Waals surface area contributed by atoms with Crippen molar-refractivity contribution < 1.29 is 19.2 Å². The first kappa shape index (κ1) is 24.3. The molecule has 3 aromatic carbocycles. The molecule has 0 aliphatic heterocycles. The van der Waals surface area contributed by atoms with Gasteiger partial charge in [0.2, 0.25) is 0 Å². The van der Waals surface area contributed by atoms with Crippen LogP contribution in [0.5, 0.6) is 11.5 Å². The molecule has 0 aliphatic rings. The minimum Gasteiger partial charge on any atom is -0.504 e. The van der Waals surface area contributed by atoms with Gasteiger partial charge in [-0.2, -0.15) is 9.67 Å². The topological polar surface area (TPSA) is 103 Å². The van der Waals surface area contributed by atoms with E-state index in [0.717, 1.165) is 17.1 Å². The van der Waals surface area contributed by atoms with Gasteiger partial charge in [-0.25, -0.2) is 5.43 Å². The first-order chi connectivity index (χ1) is 17.0. The number of halogens is 1. The zero-order valence-electron chi connectivity index (χ0n) is 19.0. The number of hydrazone groups is 1. The van der Waals surface area contributed by atoms with Crippen LogP contribution in [0.4, 0.5) is 0 Å². The molecule has 1 heterocycles. The molecule has 0 bridgehead atoms. The number of phenolic OH excluding ortho intramolecular Hbond substituents is 1. The van der Waals surface area contributed by atoms with Crippen LogP contribution in [-0.2, 0) is 4.79 Å². The van der Waals surface area contributed by atoms with Crippen molar-refractivity contribution in [1.29, 1.82) is 0 Å². The number of ether oxygens (including phenoxy) is 1. The zero-order chi connectivity index (χ0) is 24.8. The summed E-state index contributed by atoms with van der Waals surface area (Å²) in [6, 6.07) is 22.1. The second-order valence-electron chi connectivity index (χ2n) is 7.44. The van der Waals surface area contributed by atoms with Crippen LogP contribution in [0.2, 0.25) is 5.02 Å². The molecule has 0 spiro atoms. The summed E-state index contributed by atoms with van der Waals surface area (Å²) in [5.74, 6) is 0.964. The third-order valence-corrected chi connectivity index (χ3v) is 6.27. The van der Waals surface area contributed by atoms with Gasteiger partial charge in [0.1, 0.15) is 5.69 Å². The summed E-state index contributed by atoms with van der Waals surface area (Å²) in [5, 5.41) is 22.7. The first-order valence-corrected chi connectivity index (χ1v) is 12.0. The van der Waals surface area contributed by atoms with E-state index in [9.17, 15) is 9.90 Å². The second-order valence-corrected chi connectivity index (χ2v) is 8.82. The lowest BCUT2D eigenvalue weighted by molar-refractivity contribution is -0.625. The van der Waals surface area contributed by atoms with Crippen molar-refractivity contribution in [3.63, 3.8) is 0 Å². The van der Waals surface area contributed by atoms with E-state index in [2.05, 4.69) is 20.7 Å². The highest BCUT2D eigenvalue weighted by Gasteiger charge is 2.24. The fourth-order valence-electron chi connectivity index (χ4n) is 3.29. The van der Waals surface area contributed by atoms with Gasteiger partial charge in [-0.1, -0.05) is 29.8 Å². The van der Waals surface area contributed by atoms with E-state index >= 15 is 0 Å². The molecule has 0 unspecified atom stereocenters. The van der Waals surface area contributed by atoms with Crippen LogP contribution in [-0.4, -0.2) is 39.8 Å². The number of amides is 1. The Morgan fingerprint density at radius 1 is 1.17 bits per heavy atom. The van der Waals surface area contributed by atoms with Crippen molar-refractivity contribution in [1.82, 2.24) is 15.6 Å². The second kappa shape index (κ2) is 11.1.